The smallest absolute Gasteiger partial charge is 0.0576 e. The molecule has 1 aliphatic rings. The average Bonchev–Trinajstić information content (AvgIpc) is 3.32. The summed E-state index contributed by atoms with van der Waals surface area (Å²) in [6, 6.07) is 45.0. The van der Waals surface area contributed by atoms with Crippen LogP contribution in [0.15, 0.2) is 121 Å². The third kappa shape index (κ3) is 3.15. The van der Waals surface area contributed by atoms with Crippen LogP contribution in [0.1, 0.15) is 16.7 Å². The second kappa shape index (κ2) is 8.56. The van der Waals surface area contributed by atoms with Crippen LogP contribution in [0.3, 0.4) is 0 Å². The van der Waals surface area contributed by atoms with E-state index < -0.39 is 0 Å². The number of aryl methyl sites for hydroxylation is 3. The van der Waals surface area contributed by atoms with E-state index in [9.17, 15) is 0 Å². The summed E-state index contributed by atoms with van der Waals surface area (Å²) in [4.78, 5) is 0. The summed E-state index contributed by atoms with van der Waals surface area (Å²) in [5, 5.41) is 2.57. The zero-order valence-corrected chi connectivity index (χ0v) is 23.0. The van der Waals surface area contributed by atoms with Crippen LogP contribution in [0.4, 0.5) is 0 Å². The Morgan fingerprint density at radius 3 is 1.43 bits per heavy atom. The Hall–Kier alpha value is -4.88. The lowest BCUT2D eigenvalue weighted by atomic mass is 9.78. The van der Waals surface area contributed by atoms with Crippen LogP contribution in [0, 0.1) is 20.8 Å². The van der Waals surface area contributed by atoms with Crippen LogP contribution in [-0.4, -0.2) is 4.57 Å². The van der Waals surface area contributed by atoms with E-state index >= 15 is 0 Å². The molecule has 0 amide bonds. The summed E-state index contributed by atoms with van der Waals surface area (Å²) < 4.78 is 2.50. The van der Waals surface area contributed by atoms with E-state index in [2.05, 4.69) is 147 Å². The second-order valence-electron chi connectivity index (χ2n) is 11.1. The molecule has 0 atom stereocenters. The molecule has 190 valence electrons. The van der Waals surface area contributed by atoms with Gasteiger partial charge in [0.25, 0.3) is 0 Å². The minimum absolute atomic E-state index is 1.24. The van der Waals surface area contributed by atoms with Crippen molar-refractivity contribution in [3.63, 3.8) is 0 Å². The molecule has 0 saturated carbocycles. The first-order valence-electron chi connectivity index (χ1n) is 14.0. The van der Waals surface area contributed by atoms with Crippen molar-refractivity contribution in [2.75, 3.05) is 0 Å². The maximum absolute atomic E-state index is 2.50. The molecule has 0 saturated heterocycles. The van der Waals surface area contributed by atoms with Crippen molar-refractivity contribution < 1.29 is 0 Å². The van der Waals surface area contributed by atoms with Crippen LogP contribution in [0.2, 0.25) is 0 Å². The molecule has 1 nitrogen and oxygen atoms in total. The van der Waals surface area contributed by atoms with Gasteiger partial charge in [0.05, 0.1) is 16.7 Å². The first-order chi connectivity index (χ1) is 19.6. The van der Waals surface area contributed by atoms with Gasteiger partial charge in [-0.05, 0) is 88.5 Å². The first kappa shape index (κ1) is 23.0. The maximum atomic E-state index is 2.50. The van der Waals surface area contributed by atoms with E-state index in [0.717, 1.165) is 0 Å². The number of rotatable bonds is 1. The third-order valence-corrected chi connectivity index (χ3v) is 8.81. The molecular weight excluding hydrogens is 482 g/mol. The van der Waals surface area contributed by atoms with Gasteiger partial charge in [-0.2, -0.15) is 0 Å². The fraction of sp³-hybridized carbons (Fsp3) is 0.0769. The summed E-state index contributed by atoms with van der Waals surface area (Å²) in [5.41, 5.74) is 17.9. The van der Waals surface area contributed by atoms with Crippen LogP contribution in [0.5, 0.6) is 0 Å². The van der Waals surface area contributed by atoms with Crippen LogP contribution >= 0.6 is 0 Å². The molecule has 8 rings (SSSR count). The molecule has 1 aliphatic carbocycles. The summed E-state index contributed by atoms with van der Waals surface area (Å²) in [7, 11) is 0. The Kier molecular flexibility index (Phi) is 4.93. The van der Waals surface area contributed by atoms with E-state index in [1.165, 1.54) is 88.7 Å². The standard InChI is InChI=1S/C39H29N/c1-24-20-21-33-35-23-26(3)25(2)22-34(35)29-14-5-4-12-27(29)28-13-6-7-17-32(28)38(33)39(24)40-36-18-10-8-15-30(36)31-16-9-11-19-37(31)40/h4-23H,1-3H3. The average molecular weight is 512 g/mol. The van der Waals surface area contributed by atoms with Gasteiger partial charge in [-0.3, -0.25) is 0 Å². The zero-order chi connectivity index (χ0) is 27.0. The van der Waals surface area contributed by atoms with Crippen molar-refractivity contribution in [3.8, 4) is 50.2 Å². The number of nitrogens with zero attached hydrogens (tertiary/aromatic N) is 1. The van der Waals surface area contributed by atoms with Gasteiger partial charge in [0.1, 0.15) is 0 Å². The van der Waals surface area contributed by atoms with Crippen molar-refractivity contribution in [1.29, 1.82) is 0 Å². The van der Waals surface area contributed by atoms with E-state index in [0.29, 0.717) is 0 Å². The summed E-state index contributed by atoms with van der Waals surface area (Å²) in [6.45, 7) is 6.72. The Morgan fingerprint density at radius 2 is 0.825 bits per heavy atom. The zero-order valence-electron chi connectivity index (χ0n) is 23.0. The van der Waals surface area contributed by atoms with E-state index in [1.807, 2.05) is 0 Å². The highest BCUT2D eigenvalue weighted by Gasteiger charge is 2.27. The van der Waals surface area contributed by atoms with Gasteiger partial charge in [-0.25, -0.2) is 0 Å². The van der Waals surface area contributed by atoms with Crippen molar-refractivity contribution in [3.05, 3.63) is 138 Å². The number of aromatic nitrogens is 1. The molecule has 1 aromatic heterocycles. The van der Waals surface area contributed by atoms with Gasteiger partial charge in [-0.1, -0.05) is 109 Å². The van der Waals surface area contributed by atoms with Crippen molar-refractivity contribution in [2.45, 2.75) is 20.8 Å². The van der Waals surface area contributed by atoms with Gasteiger partial charge in [0, 0.05) is 16.3 Å². The fourth-order valence-electron chi connectivity index (χ4n) is 6.79. The Balaban J connectivity index is 1.62. The molecule has 0 radical (unpaired) electrons. The predicted octanol–water partition coefficient (Wildman–Crippen LogP) is 10.7. The van der Waals surface area contributed by atoms with Gasteiger partial charge in [-0.15, -0.1) is 0 Å². The molecule has 1 heterocycles. The normalized spacial score (nSPS) is 11.9. The van der Waals surface area contributed by atoms with E-state index in [4.69, 9.17) is 0 Å². The third-order valence-electron chi connectivity index (χ3n) is 8.81. The van der Waals surface area contributed by atoms with Crippen molar-refractivity contribution in [2.24, 2.45) is 0 Å². The monoisotopic (exact) mass is 511 g/mol. The molecule has 0 N–H and O–H groups in total. The molecule has 40 heavy (non-hydrogen) atoms. The molecule has 0 spiro atoms. The summed E-state index contributed by atoms with van der Waals surface area (Å²) >= 11 is 0. The lowest BCUT2D eigenvalue weighted by Gasteiger charge is -2.27. The number of benzene rings is 6. The minimum atomic E-state index is 1.24. The fourth-order valence-corrected chi connectivity index (χ4v) is 6.79. The number of para-hydroxylation sites is 2. The van der Waals surface area contributed by atoms with Gasteiger partial charge in [0.2, 0.25) is 0 Å². The highest BCUT2D eigenvalue weighted by molar-refractivity contribution is 6.12. The molecule has 7 aromatic rings. The van der Waals surface area contributed by atoms with Gasteiger partial charge < -0.3 is 4.57 Å². The van der Waals surface area contributed by atoms with Crippen LogP contribution in [-0.2, 0) is 0 Å². The Labute approximate surface area is 235 Å². The first-order valence-corrected chi connectivity index (χ1v) is 14.0. The second-order valence-corrected chi connectivity index (χ2v) is 11.1. The van der Waals surface area contributed by atoms with Crippen molar-refractivity contribution >= 4 is 21.8 Å². The molecule has 1 heteroatoms. The van der Waals surface area contributed by atoms with E-state index in [-0.39, 0.29) is 0 Å². The number of hydrogen-bond acceptors (Lipinski definition) is 0. The highest BCUT2D eigenvalue weighted by Crippen LogP contribution is 2.51. The largest absolute Gasteiger partial charge is 0.308 e. The lowest BCUT2D eigenvalue weighted by Crippen LogP contribution is -2.05. The lowest BCUT2D eigenvalue weighted by molar-refractivity contribution is 1.15. The number of fused-ring (bicyclic) bond motifs is 11. The Bertz CT molecular complexity index is 2090. The minimum Gasteiger partial charge on any atom is -0.308 e. The number of hydrogen-bond donors (Lipinski definition) is 0. The predicted molar refractivity (Wildman–Crippen MR) is 170 cm³/mol. The molecule has 0 unspecified atom stereocenters. The summed E-state index contributed by atoms with van der Waals surface area (Å²) in [6.07, 6.45) is 0. The molecule has 6 aromatic carbocycles. The van der Waals surface area contributed by atoms with Crippen LogP contribution < -0.4 is 0 Å². The SMILES string of the molecule is Cc1cc2c(cc1C)-c1ccc(C)c(-n3c4ccccc4c4ccccc43)c1-c1ccccc1-c1ccccc1-2. The summed E-state index contributed by atoms with van der Waals surface area (Å²) in [5.74, 6) is 0. The maximum Gasteiger partial charge on any atom is 0.0576 e. The van der Waals surface area contributed by atoms with Gasteiger partial charge in [0.15, 0.2) is 0 Å². The molecule has 0 aliphatic heterocycles. The topological polar surface area (TPSA) is 4.93 Å². The molecule has 0 bridgehead atoms. The van der Waals surface area contributed by atoms with Crippen LogP contribution in [0.25, 0.3) is 72.0 Å². The quantitative estimate of drug-likeness (QED) is 0.206. The molecule has 0 fully saturated rings. The van der Waals surface area contributed by atoms with Crippen molar-refractivity contribution in [1.82, 2.24) is 4.57 Å². The van der Waals surface area contributed by atoms with E-state index in [1.54, 1.807) is 0 Å². The Morgan fingerprint density at radius 1 is 0.375 bits per heavy atom. The molecular formula is C39H29N. The van der Waals surface area contributed by atoms with Gasteiger partial charge >= 0.3 is 0 Å². The highest BCUT2D eigenvalue weighted by atomic mass is 15.0.